The fourth-order valence-electron chi connectivity index (χ4n) is 7.97. The smallest absolute Gasteiger partial charge is 0.143 e. The molecule has 3 heteroatoms. The van der Waals surface area contributed by atoms with Crippen molar-refractivity contribution in [1.29, 1.82) is 0 Å². The SMILES string of the molecule is c1cc2c3cccc(c3)n3c4ccccc4c4c5c6ccccc6n(c6cccc(c6)c6cccc7c(c1)c2oc67)c5ccc43. The molecule has 0 N–H and O–H groups in total. The number of para-hydroxylation sites is 4. The zero-order valence-electron chi connectivity index (χ0n) is 24.2. The summed E-state index contributed by atoms with van der Waals surface area (Å²) < 4.78 is 11.7. The molecule has 4 heterocycles. The molecular weight excluding hydrogens is 548 g/mol. The van der Waals surface area contributed by atoms with Gasteiger partial charge in [0.1, 0.15) is 11.2 Å². The van der Waals surface area contributed by atoms with Crippen LogP contribution in [-0.2, 0) is 0 Å². The van der Waals surface area contributed by atoms with Gasteiger partial charge < -0.3 is 13.2 Å². The highest BCUT2D eigenvalue weighted by Crippen LogP contribution is 2.41. The Balaban J connectivity index is 1.54. The van der Waals surface area contributed by atoms with Crippen LogP contribution in [-0.4, -0.2) is 8.80 Å². The number of nitrogens with zero attached hydrogens (tertiary/aromatic N) is 2. The number of hydrogen-bond donors (Lipinski definition) is 0. The third-order valence-electron chi connectivity index (χ3n) is 9.83. The molecule has 4 aromatic heterocycles. The first kappa shape index (κ1) is 23.4. The summed E-state index contributed by atoms with van der Waals surface area (Å²) in [5.41, 5.74) is 8.90. The summed E-state index contributed by atoms with van der Waals surface area (Å²) in [5.74, 6) is 0. The number of fused-ring (bicyclic) bond motifs is 17. The van der Waals surface area contributed by atoms with Gasteiger partial charge in [0.25, 0.3) is 0 Å². The molecule has 0 aliphatic rings. The molecule has 11 aromatic rings. The lowest BCUT2D eigenvalue weighted by Gasteiger charge is -2.03. The topological polar surface area (TPSA) is 22.0 Å². The van der Waals surface area contributed by atoms with Crippen LogP contribution in [0.4, 0.5) is 0 Å². The third kappa shape index (κ3) is 2.95. The van der Waals surface area contributed by atoms with Gasteiger partial charge in [-0.2, -0.15) is 0 Å². The van der Waals surface area contributed by atoms with Crippen LogP contribution in [0.5, 0.6) is 0 Å². The van der Waals surface area contributed by atoms with Crippen LogP contribution in [0.1, 0.15) is 0 Å². The first-order valence-electron chi connectivity index (χ1n) is 15.4. The molecule has 7 aromatic carbocycles. The van der Waals surface area contributed by atoms with Crippen molar-refractivity contribution in [3.8, 4) is 0 Å². The van der Waals surface area contributed by atoms with Gasteiger partial charge in [-0.05, 0) is 59.3 Å². The lowest BCUT2D eigenvalue weighted by molar-refractivity contribution is 0.676. The minimum Gasteiger partial charge on any atom is -0.455 e. The predicted octanol–water partition coefficient (Wildman–Crippen LogP) is 11.6. The number of benzene rings is 7. The van der Waals surface area contributed by atoms with E-state index in [-0.39, 0.29) is 0 Å². The molecule has 0 fully saturated rings. The lowest BCUT2D eigenvalue weighted by atomic mass is 10.1. The van der Waals surface area contributed by atoms with Gasteiger partial charge in [0.2, 0.25) is 0 Å². The second kappa shape index (κ2) is 8.31. The maximum absolute atomic E-state index is 6.87. The van der Waals surface area contributed by atoms with Gasteiger partial charge >= 0.3 is 0 Å². The van der Waals surface area contributed by atoms with Gasteiger partial charge in [0.05, 0.1) is 22.1 Å². The van der Waals surface area contributed by atoms with Crippen molar-refractivity contribution in [1.82, 2.24) is 8.80 Å². The molecule has 45 heavy (non-hydrogen) atoms. The number of aromatic nitrogens is 2. The average Bonchev–Trinajstić information content (AvgIpc) is 3.75. The highest BCUT2D eigenvalue weighted by Gasteiger charge is 2.18. The van der Waals surface area contributed by atoms with E-state index < -0.39 is 0 Å². The second-order valence-corrected chi connectivity index (χ2v) is 12.1. The summed E-state index contributed by atoms with van der Waals surface area (Å²) in [4.78, 5) is 0. The van der Waals surface area contributed by atoms with Gasteiger partial charge in [-0.15, -0.1) is 0 Å². The minimum absolute atomic E-state index is 0.919. The summed E-state index contributed by atoms with van der Waals surface area (Å²) in [5, 5.41) is 11.8. The van der Waals surface area contributed by atoms with E-state index in [9.17, 15) is 0 Å². The van der Waals surface area contributed by atoms with Crippen molar-refractivity contribution in [2.75, 3.05) is 0 Å². The van der Waals surface area contributed by atoms with Gasteiger partial charge in [-0.3, -0.25) is 0 Å². The molecule has 11 rings (SSSR count). The van der Waals surface area contributed by atoms with Gasteiger partial charge in [-0.1, -0.05) is 97.1 Å². The maximum atomic E-state index is 6.87. The zero-order chi connectivity index (χ0) is 29.2. The molecular formula is C42H24N2O. The number of rotatable bonds is 0. The van der Waals surface area contributed by atoms with Crippen LogP contribution < -0.4 is 0 Å². The van der Waals surface area contributed by atoms with Crippen molar-refractivity contribution >= 4 is 98.1 Å². The van der Waals surface area contributed by atoms with Gasteiger partial charge in [0.15, 0.2) is 0 Å². The van der Waals surface area contributed by atoms with Crippen LogP contribution in [0.3, 0.4) is 0 Å². The quantitative estimate of drug-likeness (QED) is 0.177. The van der Waals surface area contributed by atoms with E-state index in [1.807, 2.05) is 0 Å². The van der Waals surface area contributed by atoms with E-state index in [2.05, 4.69) is 154 Å². The zero-order valence-corrected chi connectivity index (χ0v) is 24.2. The number of hydrogen-bond acceptors (Lipinski definition) is 1. The van der Waals surface area contributed by atoms with Crippen LogP contribution >= 0.6 is 0 Å². The second-order valence-electron chi connectivity index (χ2n) is 12.1. The largest absolute Gasteiger partial charge is 0.455 e. The first-order chi connectivity index (χ1) is 22.3. The van der Waals surface area contributed by atoms with Crippen molar-refractivity contribution in [3.05, 3.63) is 146 Å². The minimum atomic E-state index is 0.919. The van der Waals surface area contributed by atoms with Crippen LogP contribution in [0.25, 0.3) is 98.1 Å². The fourth-order valence-corrected chi connectivity index (χ4v) is 7.97. The summed E-state index contributed by atoms with van der Waals surface area (Å²) in [6.07, 6.45) is 0. The van der Waals surface area contributed by atoms with E-state index in [1.54, 1.807) is 0 Å². The van der Waals surface area contributed by atoms with Crippen molar-refractivity contribution in [3.63, 3.8) is 0 Å². The average molecular weight is 573 g/mol. The van der Waals surface area contributed by atoms with Crippen LogP contribution in [0.15, 0.2) is 150 Å². The Hall–Kier alpha value is -6.06. The van der Waals surface area contributed by atoms with E-state index in [4.69, 9.17) is 4.42 Å². The number of furan rings is 1. The van der Waals surface area contributed by atoms with E-state index in [0.29, 0.717) is 0 Å². The molecule has 0 atom stereocenters. The standard InChI is InChI=1S/C42H24N2O/c1-3-19-35-33(13-1)39-37-21-22-38-40(39)34-14-2-4-20-36(34)44(38)28-12-6-10-26(24-28)30-16-8-18-32-31-17-7-15-29(41(31)45-42(30)32)25-9-5-11-27(23-25)43(35)37/h1-24H. The summed E-state index contributed by atoms with van der Waals surface area (Å²) in [7, 11) is 0. The Morgan fingerprint density at radius 1 is 0.333 bits per heavy atom. The molecule has 0 aliphatic carbocycles. The molecule has 8 bridgehead atoms. The van der Waals surface area contributed by atoms with Gasteiger partial charge in [-0.25, -0.2) is 0 Å². The first-order valence-corrected chi connectivity index (χ1v) is 15.4. The molecule has 3 nitrogen and oxygen atoms in total. The highest BCUT2D eigenvalue weighted by molar-refractivity contribution is 6.29. The van der Waals surface area contributed by atoms with Crippen molar-refractivity contribution in [2.45, 2.75) is 0 Å². The summed E-state index contributed by atoms with van der Waals surface area (Å²) in [6, 6.07) is 53.1. The van der Waals surface area contributed by atoms with Crippen LogP contribution in [0.2, 0.25) is 0 Å². The molecule has 0 spiro atoms. The molecule has 208 valence electrons. The maximum Gasteiger partial charge on any atom is 0.143 e. The Morgan fingerprint density at radius 3 is 1.27 bits per heavy atom. The molecule has 0 unspecified atom stereocenters. The van der Waals surface area contributed by atoms with E-state index in [0.717, 1.165) is 54.5 Å². The Kier molecular flexibility index (Phi) is 4.32. The molecule has 0 radical (unpaired) electrons. The highest BCUT2D eigenvalue weighted by atomic mass is 16.3. The predicted molar refractivity (Wildman–Crippen MR) is 189 cm³/mol. The molecule has 0 saturated carbocycles. The van der Waals surface area contributed by atoms with E-state index >= 15 is 0 Å². The molecule has 0 amide bonds. The van der Waals surface area contributed by atoms with E-state index in [1.165, 1.54) is 43.6 Å². The normalized spacial score (nSPS) is 12.4. The Labute approximate surface area is 256 Å². The Morgan fingerprint density at radius 2 is 0.756 bits per heavy atom. The molecule has 0 aliphatic heterocycles. The summed E-state index contributed by atoms with van der Waals surface area (Å²) >= 11 is 0. The molecule has 0 saturated heterocycles. The lowest BCUT2D eigenvalue weighted by Crippen LogP contribution is -1.86. The Bertz CT molecular complexity index is 2890. The van der Waals surface area contributed by atoms with Gasteiger partial charge in [0, 0.05) is 54.1 Å². The van der Waals surface area contributed by atoms with Crippen molar-refractivity contribution in [2.24, 2.45) is 0 Å². The summed E-state index contributed by atoms with van der Waals surface area (Å²) in [6.45, 7) is 0. The van der Waals surface area contributed by atoms with Crippen molar-refractivity contribution < 1.29 is 4.42 Å². The fraction of sp³-hybridized carbons (Fsp3) is 0. The van der Waals surface area contributed by atoms with Crippen LogP contribution in [0, 0.1) is 0 Å². The monoisotopic (exact) mass is 572 g/mol. The third-order valence-corrected chi connectivity index (χ3v) is 9.83.